The standard InChI is InChI=1S/C23H33N3O2/c1-18-8-10-20(11-9-18)22(27)26-16-14-24(15-17-26)21(19-6-2-3-7-19)23(28)25-12-4-5-13-25/h8-11,19,21H,2-7,12-17H2,1H3. The average molecular weight is 384 g/mol. The van der Waals surface area contributed by atoms with E-state index in [0.717, 1.165) is 44.6 Å². The van der Waals surface area contributed by atoms with E-state index in [-0.39, 0.29) is 11.9 Å². The molecule has 2 aliphatic heterocycles. The van der Waals surface area contributed by atoms with Crippen LogP contribution in [-0.2, 0) is 4.79 Å². The van der Waals surface area contributed by atoms with Gasteiger partial charge in [0.25, 0.3) is 5.91 Å². The highest BCUT2D eigenvalue weighted by molar-refractivity contribution is 5.94. The van der Waals surface area contributed by atoms with E-state index in [1.54, 1.807) is 0 Å². The number of likely N-dealkylation sites (tertiary alicyclic amines) is 1. The van der Waals surface area contributed by atoms with Crippen molar-refractivity contribution >= 4 is 11.8 Å². The van der Waals surface area contributed by atoms with Crippen LogP contribution < -0.4 is 0 Å². The van der Waals surface area contributed by atoms with Crippen LogP contribution in [0.5, 0.6) is 0 Å². The van der Waals surface area contributed by atoms with E-state index < -0.39 is 0 Å². The van der Waals surface area contributed by atoms with Crippen molar-refractivity contribution in [1.82, 2.24) is 14.7 Å². The van der Waals surface area contributed by atoms with Crippen molar-refractivity contribution in [2.24, 2.45) is 5.92 Å². The minimum Gasteiger partial charge on any atom is -0.341 e. The largest absolute Gasteiger partial charge is 0.341 e. The lowest BCUT2D eigenvalue weighted by Gasteiger charge is -2.42. The number of benzene rings is 1. The van der Waals surface area contributed by atoms with Crippen molar-refractivity contribution in [3.8, 4) is 0 Å². The van der Waals surface area contributed by atoms with Crippen molar-refractivity contribution in [2.75, 3.05) is 39.3 Å². The van der Waals surface area contributed by atoms with Gasteiger partial charge in [0.1, 0.15) is 0 Å². The third kappa shape index (κ3) is 4.09. The zero-order valence-electron chi connectivity index (χ0n) is 17.1. The van der Waals surface area contributed by atoms with Gasteiger partial charge in [-0.25, -0.2) is 0 Å². The summed E-state index contributed by atoms with van der Waals surface area (Å²) < 4.78 is 0. The molecule has 0 bridgehead atoms. The van der Waals surface area contributed by atoms with Gasteiger partial charge in [0, 0.05) is 44.8 Å². The average Bonchev–Trinajstić information content (AvgIpc) is 3.43. The number of aryl methyl sites for hydroxylation is 1. The third-order valence-corrected chi connectivity index (χ3v) is 6.81. The first kappa shape index (κ1) is 19.4. The van der Waals surface area contributed by atoms with Gasteiger partial charge in [0.15, 0.2) is 0 Å². The van der Waals surface area contributed by atoms with E-state index in [9.17, 15) is 9.59 Å². The smallest absolute Gasteiger partial charge is 0.253 e. The normalized spacial score (nSPS) is 22.6. The highest BCUT2D eigenvalue weighted by Crippen LogP contribution is 2.32. The van der Waals surface area contributed by atoms with Gasteiger partial charge in [-0.3, -0.25) is 14.5 Å². The quantitative estimate of drug-likeness (QED) is 0.803. The van der Waals surface area contributed by atoms with Crippen molar-refractivity contribution in [1.29, 1.82) is 0 Å². The molecular formula is C23H33N3O2. The van der Waals surface area contributed by atoms with Crippen molar-refractivity contribution in [3.63, 3.8) is 0 Å². The number of piperazine rings is 1. The molecule has 5 nitrogen and oxygen atoms in total. The molecule has 28 heavy (non-hydrogen) atoms. The fraction of sp³-hybridized carbons (Fsp3) is 0.652. The van der Waals surface area contributed by atoms with Gasteiger partial charge in [0.2, 0.25) is 5.91 Å². The van der Waals surface area contributed by atoms with E-state index in [2.05, 4.69) is 9.80 Å². The number of hydrogen-bond donors (Lipinski definition) is 0. The maximum atomic E-state index is 13.3. The van der Waals surface area contributed by atoms with Crippen LogP contribution >= 0.6 is 0 Å². The Bertz CT molecular complexity index is 682. The minimum atomic E-state index is 0.0252. The molecule has 0 radical (unpaired) electrons. The highest BCUT2D eigenvalue weighted by atomic mass is 16.2. The summed E-state index contributed by atoms with van der Waals surface area (Å²) in [6.45, 7) is 6.92. The highest BCUT2D eigenvalue weighted by Gasteiger charge is 2.39. The maximum absolute atomic E-state index is 13.3. The summed E-state index contributed by atoms with van der Waals surface area (Å²) in [5.41, 5.74) is 1.93. The first-order valence-corrected chi connectivity index (χ1v) is 11.0. The van der Waals surface area contributed by atoms with Crippen LogP contribution in [-0.4, -0.2) is 71.8 Å². The summed E-state index contributed by atoms with van der Waals surface area (Å²) in [6, 6.07) is 7.85. The Labute approximate surface area is 168 Å². The van der Waals surface area contributed by atoms with Crippen LogP contribution in [0.15, 0.2) is 24.3 Å². The molecule has 3 fully saturated rings. The minimum absolute atomic E-state index is 0.0252. The van der Waals surface area contributed by atoms with E-state index in [1.807, 2.05) is 36.1 Å². The zero-order valence-corrected chi connectivity index (χ0v) is 17.1. The first-order valence-electron chi connectivity index (χ1n) is 11.0. The van der Waals surface area contributed by atoms with Gasteiger partial charge in [-0.15, -0.1) is 0 Å². The molecular weight excluding hydrogens is 350 g/mol. The lowest BCUT2D eigenvalue weighted by Crippen LogP contribution is -2.58. The van der Waals surface area contributed by atoms with Gasteiger partial charge < -0.3 is 9.80 Å². The molecule has 0 aromatic heterocycles. The van der Waals surface area contributed by atoms with Crippen molar-refractivity contribution < 1.29 is 9.59 Å². The van der Waals surface area contributed by atoms with E-state index in [1.165, 1.54) is 31.2 Å². The molecule has 1 unspecified atom stereocenters. The predicted molar refractivity (Wildman–Crippen MR) is 110 cm³/mol. The number of rotatable bonds is 4. The molecule has 152 valence electrons. The predicted octanol–water partition coefficient (Wildman–Crippen LogP) is 2.93. The molecule has 0 N–H and O–H groups in total. The molecule has 2 heterocycles. The lowest BCUT2D eigenvalue weighted by atomic mass is 9.94. The number of amides is 2. The summed E-state index contributed by atoms with van der Waals surface area (Å²) in [5.74, 6) is 0.957. The summed E-state index contributed by atoms with van der Waals surface area (Å²) >= 11 is 0. The molecule has 1 aromatic rings. The van der Waals surface area contributed by atoms with Gasteiger partial charge in [-0.05, 0) is 50.7 Å². The lowest BCUT2D eigenvalue weighted by molar-refractivity contribution is -0.138. The van der Waals surface area contributed by atoms with E-state index in [0.29, 0.717) is 24.9 Å². The van der Waals surface area contributed by atoms with Crippen LogP contribution in [0.4, 0.5) is 0 Å². The molecule has 0 spiro atoms. The molecule has 1 aliphatic carbocycles. The van der Waals surface area contributed by atoms with Crippen LogP contribution in [0.2, 0.25) is 0 Å². The fourth-order valence-electron chi connectivity index (χ4n) is 5.14. The van der Waals surface area contributed by atoms with Crippen LogP contribution in [0, 0.1) is 12.8 Å². The van der Waals surface area contributed by atoms with Gasteiger partial charge in [-0.2, -0.15) is 0 Å². The van der Waals surface area contributed by atoms with Gasteiger partial charge in [0.05, 0.1) is 6.04 Å². The molecule has 1 atom stereocenters. The second kappa shape index (κ2) is 8.64. The summed E-state index contributed by atoms with van der Waals surface area (Å²) in [4.78, 5) is 32.5. The Kier molecular flexibility index (Phi) is 6.00. The number of nitrogens with zero attached hydrogens (tertiary/aromatic N) is 3. The number of hydrogen-bond acceptors (Lipinski definition) is 3. The van der Waals surface area contributed by atoms with Crippen LogP contribution in [0.25, 0.3) is 0 Å². The molecule has 5 heteroatoms. The molecule has 4 rings (SSSR count). The molecule has 3 aliphatic rings. The molecule has 1 saturated carbocycles. The summed E-state index contributed by atoms with van der Waals surface area (Å²) in [7, 11) is 0. The Morgan fingerprint density at radius 2 is 1.43 bits per heavy atom. The zero-order chi connectivity index (χ0) is 19.5. The van der Waals surface area contributed by atoms with Gasteiger partial charge >= 0.3 is 0 Å². The fourth-order valence-corrected chi connectivity index (χ4v) is 5.14. The number of carbonyl (C=O) groups is 2. The Balaban J connectivity index is 1.41. The summed E-state index contributed by atoms with van der Waals surface area (Å²) in [5, 5.41) is 0. The van der Waals surface area contributed by atoms with Crippen LogP contribution in [0.3, 0.4) is 0 Å². The third-order valence-electron chi connectivity index (χ3n) is 6.81. The Hall–Kier alpha value is -1.88. The van der Waals surface area contributed by atoms with E-state index >= 15 is 0 Å². The molecule has 2 saturated heterocycles. The monoisotopic (exact) mass is 383 g/mol. The topological polar surface area (TPSA) is 43.9 Å². The Morgan fingerprint density at radius 3 is 2.04 bits per heavy atom. The van der Waals surface area contributed by atoms with Crippen molar-refractivity contribution in [2.45, 2.75) is 51.5 Å². The molecule has 2 amide bonds. The van der Waals surface area contributed by atoms with Gasteiger partial charge in [-0.1, -0.05) is 30.5 Å². The summed E-state index contributed by atoms with van der Waals surface area (Å²) in [6.07, 6.45) is 7.13. The number of carbonyl (C=O) groups excluding carboxylic acids is 2. The SMILES string of the molecule is Cc1ccc(C(=O)N2CCN(C(C(=O)N3CCCC3)C3CCCC3)CC2)cc1. The van der Waals surface area contributed by atoms with E-state index in [4.69, 9.17) is 0 Å². The van der Waals surface area contributed by atoms with Crippen molar-refractivity contribution in [3.05, 3.63) is 35.4 Å². The Morgan fingerprint density at radius 1 is 0.821 bits per heavy atom. The van der Waals surface area contributed by atoms with Crippen LogP contribution in [0.1, 0.15) is 54.4 Å². The molecule has 1 aromatic carbocycles. The second-order valence-electron chi connectivity index (χ2n) is 8.72. The maximum Gasteiger partial charge on any atom is 0.253 e. The first-order chi connectivity index (χ1) is 13.6. The second-order valence-corrected chi connectivity index (χ2v) is 8.72.